The van der Waals surface area contributed by atoms with Crippen molar-refractivity contribution in [3.05, 3.63) is 52.7 Å². The van der Waals surface area contributed by atoms with E-state index in [1.165, 1.54) is 16.8 Å². The molecule has 3 rings (SSSR count). The Kier molecular flexibility index (Phi) is 3.04. The molecule has 1 atom stereocenters. The van der Waals surface area contributed by atoms with E-state index in [4.69, 9.17) is 5.73 Å². The summed E-state index contributed by atoms with van der Waals surface area (Å²) >= 11 is 0. The number of hydrazone groups is 1. The monoisotopic (exact) mass is 282 g/mol. The number of rotatable bonds is 1. The largest absolute Gasteiger partial charge is 0.382 e. The van der Waals surface area contributed by atoms with Gasteiger partial charge in [0.05, 0.1) is 0 Å². The molecule has 110 valence electrons. The highest BCUT2D eigenvalue weighted by molar-refractivity contribution is 6.08. The molecule has 0 amide bonds. The Morgan fingerprint density at radius 2 is 1.81 bits per heavy atom. The number of nitrogens with zero attached hydrogens (tertiary/aromatic N) is 1. The highest BCUT2D eigenvalue weighted by atomic mass is 15.4. The number of benzene rings is 1. The molecule has 2 aliphatic rings. The van der Waals surface area contributed by atoms with Gasteiger partial charge in [0, 0.05) is 16.7 Å². The molecule has 1 aromatic carbocycles. The van der Waals surface area contributed by atoms with Crippen LogP contribution in [0.25, 0.3) is 5.57 Å². The number of allylic oxidation sites excluding steroid dienone is 3. The Bertz CT molecular complexity index is 657. The number of dihydropyridines is 1. The first-order valence-corrected chi connectivity index (χ1v) is 7.25. The van der Waals surface area contributed by atoms with Crippen LogP contribution in [0.3, 0.4) is 0 Å². The first-order valence-electron chi connectivity index (χ1n) is 7.25. The molecule has 0 radical (unpaired) electrons. The molecule has 0 spiro atoms. The lowest BCUT2D eigenvalue weighted by atomic mass is 9.85. The van der Waals surface area contributed by atoms with Gasteiger partial charge in [0.25, 0.3) is 0 Å². The van der Waals surface area contributed by atoms with Crippen molar-refractivity contribution in [3.8, 4) is 0 Å². The molecular weight excluding hydrogens is 260 g/mol. The van der Waals surface area contributed by atoms with Crippen LogP contribution in [0.1, 0.15) is 31.9 Å². The van der Waals surface area contributed by atoms with Crippen molar-refractivity contribution in [1.82, 2.24) is 10.7 Å². The van der Waals surface area contributed by atoms with Gasteiger partial charge >= 0.3 is 0 Å². The predicted octanol–water partition coefficient (Wildman–Crippen LogP) is 2.48. The summed E-state index contributed by atoms with van der Waals surface area (Å²) in [5.41, 5.74) is 15.0. The number of nitrogens with one attached hydrogen (secondary N) is 2. The minimum atomic E-state index is -0.0412. The van der Waals surface area contributed by atoms with Crippen molar-refractivity contribution in [3.63, 3.8) is 0 Å². The molecule has 21 heavy (non-hydrogen) atoms. The molecule has 1 aromatic rings. The summed E-state index contributed by atoms with van der Waals surface area (Å²) in [6.07, 6.45) is 2.16. The lowest BCUT2D eigenvalue weighted by molar-refractivity contribution is 0.424. The number of hydrogen-bond donors (Lipinski definition) is 3. The molecule has 0 aliphatic carbocycles. The Balaban J connectivity index is 2.15. The summed E-state index contributed by atoms with van der Waals surface area (Å²) in [6, 6.07) is 8.53. The van der Waals surface area contributed by atoms with Crippen molar-refractivity contribution < 1.29 is 0 Å². The molecule has 1 unspecified atom stereocenters. The number of amidine groups is 1. The van der Waals surface area contributed by atoms with Crippen molar-refractivity contribution in [2.24, 2.45) is 16.3 Å². The quantitative estimate of drug-likeness (QED) is 0.741. The van der Waals surface area contributed by atoms with Gasteiger partial charge in [0.1, 0.15) is 6.17 Å². The Morgan fingerprint density at radius 1 is 1.14 bits per heavy atom. The molecule has 0 fully saturated rings. The molecule has 0 bridgehead atoms. The molecule has 4 N–H and O–H groups in total. The van der Waals surface area contributed by atoms with Crippen molar-refractivity contribution >= 4 is 11.4 Å². The molecule has 0 aromatic heterocycles. The van der Waals surface area contributed by atoms with E-state index in [9.17, 15) is 0 Å². The number of fused-ring (bicyclic) bond motifs is 1. The van der Waals surface area contributed by atoms with Crippen LogP contribution in [0.5, 0.6) is 0 Å². The maximum absolute atomic E-state index is 6.06. The van der Waals surface area contributed by atoms with Gasteiger partial charge in [-0.1, -0.05) is 50.6 Å². The maximum atomic E-state index is 6.06. The van der Waals surface area contributed by atoms with E-state index in [-0.39, 0.29) is 11.6 Å². The molecule has 0 saturated carbocycles. The Hall–Kier alpha value is -2.23. The first kappa shape index (κ1) is 13.7. The Labute approximate surface area is 125 Å². The average molecular weight is 282 g/mol. The summed E-state index contributed by atoms with van der Waals surface area (Å²) in [6.45, 7) is 8.68. The highest BCUT2D eigenvalue weighted by Gasteiger charge is 2.33. The van der Waals surface area contributed by atoms with Gasteiger partial charge in [-0.2, -0.15) is 5.10 Å². The number of hydrogen-bond acceptors (Lipinski definition) is 4. The summed E-state index contributed by atoms with van der Waals surface area (Å²) < 4.78 is 0. The standard InChI is InChI=1S/C17H22N4/c1-10-5-7-11(8-6-10)12-9-13(17(2,3)4)19-16-14(12)15(18)20-21-16/h5-9,16,19,21H,1-4H3,(H2,18,20). The second-order valence-corrected chi connectivity index (χ2v) is 6.70. The Morgan fingerprint density at radius 3 is 2.43 bits per heavy atom. The van der Waals surface area contributed by atoms with Crippen molar-refractivity contribution in [1.29, 1.82) is 0 Å². The molecule has 4 heteroatoms. The number of aryl methyl sites for hydroxylation is 1. The van der Waals surface area contributed by atoms with Crippen LogP contribution in [0.2, 0.25) is 0 Å². The molecule has 4 nitrogen and oxygen atoms in total. The fourth-order valence-corrected chi connectivity index (χ4v) is 2.63. The summed E-state index contributed by atoms with van der Waals surface area (Å²) in [5.74, 6) is 0.562. The van der Waals surface area contributed by atoms with E-state index in [1.807, 2.05) is 0 Å². The summed E-state index contributed by atoms with van der Waals surface area (Å²) in [7, 11) is 0. The van der Waals surface area contributed by atoms with Crippen LogP contribution >= 0.6 is 0 Å². The third-order valence-electron chi connectivity index (χ3n) is 3.93. The molecule has 2 heterocycles. The molecule has 2 aliphatic heterocycles. The lowest BCUT2D eigenvalue weighted by Gasteiger charge is -2.32. The molecular formula is C17H22N4. The third-order valence-corrected chi connectivity index (χ3v) is 3.93. The van der Waals surface area contributed by atoms with Crippen LogP contribution < -0.4 is 16.5 Å². The smallest absolute Gasteiger partial charge is 0.151 e. The van der Waals surface area contributed by atoms with Crippen LogP contribution in [-0.2, 0) is 0 Å². The van der Waals surface area contributed by atoms with E-state index < -0.39 is 0 Å². The van der Waals surface area contributed by atoms with Gasteiger partial charge in [-0.15, -0.1) is 0 Å². The lowest BCUT2D eigenvalue weighted by Crippen LogP contribution is -2.44. The SMILES string of the molecule is Cc1ccc(C2=C3C(N)=NNC3NC(C(C)(C)C)=C2)cc1. The normalized spacial score (nSPS) is 21.2. The van der Waals surface area contributed by atoms with Crippen LogP contribution in [0.15, 0.2) is 46.7 Å². The van der Waals surface area contributed by atoms with Crippen molar-refractivity contribution in [2.75, 3.05) is 0 Å². The molecule has 0 saturated heterocycles. The summed E-state index contributed by atoms with van der Waals surface area (Å²) in [5, 5.41) is 7.68. The minimum Gasteiger partial charge on any atom is -0.382 e. The zero-order chi connectivity index (χ0) is 15.2. The second-order valence-electron chi connectivity index (χ2n) is 6.70. The van der Waals surface area contributed by atoms with Gasteiger partial charge in [0.2, 0.25) is 0 Å². The van der Waals surface area contributed by atoms with E-state index in [0.29, 0.717) is 5.84 Å². The van der Waals surface area contributed by atoms with Gasteiger partial charge in [-0.3, -0.25) is 5.43 Å². The zero-order valence-electron chi connectivity index (χ0n) is 13.0. The van der Waals surface area contributed by atoms with Crippen LogP contribution in [-0.4, -0.2) is 12.0 Å². The van der Waals surface area contributed by atoms with Crippen LogP contribution in [0.4, 0.5) is 0 Å². The minimum absolute atomic E-state index is 0.0412. The van der Waals surface area contributed by atoms with E-state index >= 15 is 0 Å². The zero-order valence-corrected chi connectivity index (χ0v) is 13.0. The highest BCUT2D eigenvalue weighted by Crippen LogP contribution is 2.34. The van der Waals surface area contributed by atoms with E-state index in [2.05, 4.69) is 73.9 Å². The van der Waals surface area contributed by atoms with Gasteiger partial charge in [-0.25, -0.2) is 0 Å². The number of nitrogens with two attached hydrogens (primary N) is 1. The fourth-order valence-electron chi connectivity index (χ4n) is 2.63. The fraction of sp³-hybridized carbons (Fsp3) is 0.353. The average Bonchev–Trinajstić information content (AvgIpc) is 2.80. The second kappa shape index (κ2) is 4.65. The predicted molar refractivity (Wildman–Crippen MR) is 87.3 cm³/mol. The van der Waals surface area contributed by atoms with Gasteiger partial charge in [0.15, 0.2) is 5.84 Å². The van der Waals surface area contributed by atoms with E-state index in [1.54, 1.807) is 0 Å². The van der Waals surface area contributed by atoms with Gasteiger partial charge in [-0.05, 0) is 24.1 Å². The van der Waals surface area contributed by atoms with E-state index in [0.717, 1.165) is 11.1 Å². The first-order chi connectivity index (χ1) is 9.86. The maximum Gasteiger partial charge on any atom is 0.151 e. The van der Waals surface area contributed by atoms with Crippen LogP contribution in [0, 0.1) is 12.3 Å². The topological polar surface area (TPSA) is 62.4 Å². The van der Waals surface area contributed by atoms with Gasteiger partial charge < -0.3 is 11.1 Å². The van der Waals surface area contributed by atoms with Crippen molar-refractivity contribution in [2.45, 2.75) is 33.9 Å². The third kappa shape index (κ3) is 2.42. The summed E-state index contributed by atoms with van der Waals surface area (Å²) in [4.78, 5) is 0.